The lowest BCUT2D eigenvalue weighted by molar-refractivity contribution is 0.0636. The number of ether oxygens (including phenoxy) is 1. The van der Waals surface area contributed by atoms with Crippen LogP contribution in [0.2, 0.25) is 0 Å². The Morgan fingerprint density at radius 1 is 1.50 bits per heavy atom. The van der Waals surface area contributed by atoms with E-state index in [1.165, 1.54) is 17.5 Å². The van der Waals surface area contributed by atoms with Crippen LogP contribution in [-0.4, -0.2) is 21.7 Å². The lowest BCUT2D eigenvalue weighted by Gasteiger charge is -2.18. The van der Waals surface area contributed by atoms with Gasteiger partial charge < -0.3 is 14.9 Å². The highest BCUT2D eigenvalue weighted by Gasteiger charge is 2.19. The number of hydrogen-bond donors (Lipinski definition) is 2. The standard InChI is InChI=1S/C12H16N4O3S/c1-6-8(7-5-14-9(13)18-7)20-10(15-6)16-11(17)19-12(2,3)4/h5H,1-4H3,(H2,13,14)(H,15,16,17). The Balaban J connectivity index is 2.14. The van der Waals surface area contributed by atoms with Crippen LogP contribution in [0.25, 0.3) is 10.6 Å². The number of aryl methyl sites for hydroxylation is 1. The molecule has 0 atom stereocenters. The van der Waals surface area contributed by atoms with E-state index in [2.05, 4.69) is 15.3 Å². The van der Waals surface area contributed by atoms with E-state index in [0.29, 0.717) is 10.9 Å². The Morgan fingerprint density at radius 2 is 2.20 bits per heavy atom. The van der Waals surface area contributed by atoms with Crippen LogP contribution in [0.1, 0.15) is 26.5 Å². The summed E-state index contributed by atoms with van der Waals surface area (Å²) in [4.78, 5) is 20.5. The minimum atomic E-state index is -0.557. The summed E-state index contributed by atoms with van der Waals surface area (Å²) in [5, 5.41) is 3.02. The van der Waals surface area contributed by atoms with E-state index in [-0.39, 0.29) is 6.01 Å². The Kier molecular flexibility index (Phi) is 3.67. The lowest BCUT2D eigenvalue weighted by Crippen LogP contribution is -2.27. The number of rotatable bonds is 2. The number of nitrogens with zero attached hydrogens (tertiary/aromatic N) is 2. The van der Waals surface area contributed by atoms with Crippen molar-refractivity contribution in [3.05, 3.63) is 11.9 Å². The highest BCUT2D eigenvalue weighted by Crippen LogP contribution is 2.33. The Morgan fingerprint density at radius 3 is 2.75 bits per heavy atom. The zero-order chi connectivity index (χ0) is 14.9. The van der Waals surface area contributed by atoms with Gasteiger partial charge in [0.2, 0.25) is 0 Å². The van der Waals surface area contributed by atoms with Crippen LogP contribution in [0.3, 0.4) is 0 Å². The van der Waals surface area contributed by atoms with Crippen molar-refractivity contribution in [3.8, 4) is 10.6 Å². The summed E-state index contributed by atoms with van der Waals surface area (Å²) in [5.74, 6) is 0.523. The number of carbonyl (C=O) groups is 1. The number of nitrogens with two attached hydrogens (primary N) is 1. The Labute approximate surface area is 120 Å². The SMILES string of the molecule is Cc1nc(NC(=O)OC(C)(C)C)sc1-c1cnc(N)o1. The second-order valence-corrected chi connectivity index (χ2v) is 6.12. The molecular weight excluding hydrogens is 280 g/mol. The van der Waals surface area contributed by atoms with Crippen molar-refractivity contribution in [3.63, 3.8) is 0 Å². The van der Waals surface area contributed by atoms with Gasteiger partial charge in [-0.2, -0.15) is 0 Å². The fraction of sp³-hybridized carbons (Fsp3) is 0.417. The smallest absolute Gasteiger partial charge is 0.413 e. The van der Waals surface area contributed by atoms with E-state index in [1.807, 2.05) is 6.92 Å². The molecule has 0 bridgehead atoms. The van der Waals surface area contributed by atoms with Crippen molar-refractivity contribution >= 4 is 28.6 Å². The molecule has 0 saturated carbocycles. The molecule has 0 radical (unpaired) electrons. The largest absolute Gasteiger partial charge is 0.444 e. The second kappa shape index (κ2) is 5.12. The summed E-state index contributed by atoms with van der Waals surface area (Å²) in [6, 6.07) is 0.0921. The molecule has 8 heteroatoms. The number of nitrogen functional groups attached to an aromatic ring is 1. The van der Waals surface area contributed by atoms with Crippen LogP contribution in [0, 0.1) is 6.92 Å². The van der Waals surface area contributed by atoms with Crippen molar-refractivity contribution in [2.75, 3.05) is 11.1 Å². The lowest BCUT2D eigenvalue weighted by atomic mass is 10.2. The number of carbonyl (C=O) groups excluding carboxylic acids is 1. The number of amides is 1. The maximum atomic E-state index is 11.7. The van der Waals surface area contributed by atoms with Crippen LogP contribution < -0.4 is 11.1 Å². The summed E-state index contributed by atoms with van der Waals surface area (Å²) in [5.41, 5.74) is 5.60. The predicted molar refractivity (Wildman–Crippen MR) is 76.6 cm³/mol. The molecule has 20 heavy (non-hydrogen) atoms. The number of oxazole rings is 1. The van der Waals surface area contributed by atoms with E-state index in [1.54, 1.807) is 20.8 Å². The highest BCUT2D eigenvalue weighted by molar-refractivity contribution is 7.19. The molecule has 7 nitrogen and oxygen atoms in total. The van der Waals surface area contributed by atoms with E-state index < -0.39 is 11.7 Å². The van der Waals surface area contributed by atoms with Crippen molar-refractivity contribution in [1.29, 1.82) is 0 Å². The summed E-state index contributed by atoms with van der Waals surface area (Å²) in [6.45, 7) is 7.19. The molecule has 0 aliphatic rings. The zero-order valence-corrected chi connectivity index (χ0v) is 12.5. The first-order valence-corrected chi connectivity index (χ1v) is 6.75. The molecule has 108 valence electrons. The maximum Gasteiger partial charge on any atom is 0.413 e. The molecule has 0 aromatic carbocycles. The molecule has 0 unspecified atom stereocenters. The van der Waals surface area contributed by atoms with Gasteiger partial charge in [0.05, 0.1) is 16.8 Å². The summed E-state index contributed by atoms with van der Waals surface area (Å²) in [7, 11) is 0. The first-order valence-electron chi connectivity index (χ1n) is 5.94. The molecule has 1 amide bonds. The molecule has 0 fully saturated rings. The van der Waals surface area contributed by atoms with Crippen LogP contribution >= 0.6 is 11.3 Å². The normalized spacial score (nSPS) is 11.4. The Hall–Kier alpha value is -2.09. The van der Waals surface area contributed by atoms with Gasteiger partial charge in [0.25, 0.3) is 6.01 Å². The molecule has 0 saturated heterocycles. The van der Waals surface area contributed by atoms with Crippen molar-refractivity contribution in [1.82, 2.24) is 9.97 Å². The van der Waals surface area contributed by atoms with E-state index in [4.69, 9.17) is 14.9 Å². The first-order chi connectivity index (χ1) is 9.24. The average molecular weight is 296 g/mol. The second-order valence-electron chi connectivity index (χ2n) is 5.12. The monoisotopic (exact) mass is 296 g/mol. The fourth-order valence-corrected chi connectivity index (χ4v) is 2.36. The van der Waals surface area contributed by atoms with Crippen LogP contribution in [0.15, 0.2) is 10.6 Å². The summed E-state index contributed by atoms with van der Waals surface area (Å²) in [6.07, 6.45) is 0.975. The van der Waals surface area contributed by atoms with E-state index in [9.17, 15) is 4.79 Å². The van der Waals surface area contributed by atoms with E-state index >= 15 is 0 Å². The maximum absolute atomic E-state index is 11.7. The fourth-order valence-electron chi connectivity index (χ4n) is 1.46. The number of hydrogen-bond acceptors (Lipinski definition) is 7. The van der Waals surface area contributed by atoms with E-state index in [0.717, 1.165) is 10.6 Å². The van der Waals surface area contributed by atoms with Crippen molar-refractivity contribution < 1.29 is 13.9 Å². The Bertz CT molecular complexity index is 627. The average Bonchev–Trinajstić information content (AvgIpc) is 2.82. The third kappa shape index (κ3) is 3.47. The van der Waals surface area contributed by atoms with Gasteiger partial charge in [-0.25, -0.2) is 14.8 Å². The van der Waals surface area contributed by atoms with Crippen LogP contribution in [-0.2, 0) is 4.74 Å². The first kappa shape index (κ1) is 14.3. The van der Waals surface area contributed by atoms with Gasteiger partial charge in [0.15, 0.2) is 10.9 Å². The van der Waals surface area contributed by atoms with Gasteiger partial charge in [0, 0.05) is 0 Å². The molecule has 0 spiro atoms. The number of aromatic nitrogens is 2. The molecule has 0 aliphatic carbocycles. The molecule has 0 aliphatic heterocycles. The third-order valence-corrected chi connectivity index (χ3v) is 3.24. The van der Waals surface area contributed by atoms with Gasteiger partial charge in [0.1, 0.15) is 5.60 Å². The number of thiazole rings is 1. The van der Waals surface area contributed by atoms with Crippen LogP contribution in [0.5, 0.6) is 0 Å². The van der Waals surface area contributed by atoms with Gasteiger partial charge in [-0.1, -0.05) is 11.3 Å². The summed E-state index contributed by atoms with van der Waals surface area (Å²) >= 11 is 1.27. The molecule has 2 heterocycles. The topological polar surface area (TPSA) is 103 Å². The van der Waals surface area contributed by atoms with Gasteiger partial charge >= 0.3 is 6.09 Å². The third-order valence-electron chi connectivity index (χ3n) is 2.15. The molecule has 2 rings (SSSR count). The van der Waals surface area contributed by atoms with Gasteiger partial charge in [-0.05, 0) is 27.7 Å². The zero-order valence-electron chi connectivity index (χ0n) is 11.7. The minimum Gasteiger partial charge on any atom is -0.444 e. The molecule has 2 aromatic heterocycles. The highest BCUT2D eigenvalue weighted by atomic mass is 32.1. The number of anilines is 2. The number of nitrogens with one attached hydrogen (secondary N) is 1. The minimum absolute atomic E-state index is 0.0921. The van der Waals surface area contributed by atoms with Gasteiger partial charge in [-0.15, -0.1) is 0 Å². The van der Waals surface area contributed by atoms with Crippen molar-refractivity contribution in [2.24, 2.45) is 0 Å². The summed E-state index contributed by atoms with van der Waals surface area (Å²) < 4.78 is 10.4. The molecule has 3 N–H and O–H groups in total. The van der Waals surface area contributed by atoms with Gasteiger partial charge in [-0.3, -0.25) is 5.32 Å². The quantitative estimate of drug-likeness (QED) is 0.882. The predicted octanol–water partition coefficient (Wildman–Crippen LogP) is 3.04. The molecule has 2 aromatic rings. The van der Waals surface area contributed by atoms with Crippen LogP contribution in [0.4, 0.5) is 15.9 Å². The molecular formula is C12H16N4O3S. The van der Waals surface area contributed by atoms with Crippen molar-refractivity contribution in [2.45, 2.75) is 33.3 Å².